The molecule has 8 atom stereocenters. The maximum atomic E-state index is 13.3. The van der Waals surface area contributed by atoms with Crippen LogP contribution >= 0.6 is 0 Å². The molecule has 0 aliphatic carbocycles. The minimum absolute atomic E-state index is 0.109. The lowest BCUT2D eigenvalue weighted by atomic mass is 9.99. The molecular formula is C64H109NO10. The summed E-state index contributed by atoms with van der Waals surface area (Å²) in [5.41, 5.74) is 0. The molecule has 0 aromatic carbocycles. The van der Waals surface area contributed by atoms with Crippen LogP contribution in [-0.4, -0.2) is 99.6 Å². The number of allylic oxidation sites excluding steroid dienone is 15. The Hall–Kier alpha value is -3.42. The zero-order valence-electron chi connectivity index (χ0n) is 47.4. The number of amides is 1. The van der Waals surface area contributed by atoms with E-state index in [2.05, 4.69) is 68.6 Å². The van der Waals surface area contributed by atoms with E-state index in [1.807, 2.05) is 48.6 Å². The third-order valence-corrected chi connectivity index (χ3v) is 13.6. The van der Waals surface area contributed by atoms with Gasteiger partial charge in [-0.3, -0.25) is 9.59 Å². The molecule has 0 aromatic rings. The molecule has 1 amide bonds. The van der Waals surface area contributed by atoms with Gasteiger partial charge in [0.15, 0.2) is 12.4 Å². The molecule has 6 N–H and O–H groups in total. The Labute approximate surface area is 456 Å². The number of carbonyl (C=O) groups is 2. The fourth-order valence-electron chi connectivity index (χ4n) is 8.78. The smallest absolute Gasteiger partial charge is 0.306 e. The number of unbranched alkanes of at least 4 members (excludes halogenated alkanes) is 24. The average Bonchev–Trinajstić information content (AvgIpc) is 3.41. The summed E-state index contributed by atoms with van der Waals surface area (Å²) in [5.74, 6) is -1.25. The summed E-state index contributed by atoms with van der Waals surface area (Å²) >= 11 is 0. The lowest BCUT2D eigenvalue weighted by Crippen LogP contribution is -2.61. The van der Waals surface area contributed by atoms with E-state index in [4.69, 9.17) is 14.2 Å². The first-order valence-electron chi connectivity index (χ1n) is 30.1. The van der Waals surface area contributed by atoms with Crippen LogP contribution in [-0.2, 0) is 23.8 Å². The Kier molecular flexibility index (Phi) is 47.6. The maximum absolute atomic E-state index is 13.3. The molecule has 0 bridgehead atoms. The van der Waals surface area contributed by atoms with Crippen LogP contribution < -0.4 is 5.32 Å². The number of carbonyl (C=O) groups excluding carboxylic acids is 2. The third kappa shape index (κ3) is 39.6. The van der Waals surface area contributed by atoms with Gasteiger partial charge in [-0.2, -0.15) is 0 Å². The topological polar surface area (TPSA) is 175 Å². The van der Waals surface area contributed by atoms with Gasteiger partial charge in [-0.05, 0) is 83.5 Å². The van der Waals surface area contributed by atoms with Crippen molar-refractivity contribution in [3.63, 3.8) is 0 Å². The van der Waals surface area contributed by atoms with Gasteiger partial charge >= 0.3 is 5.97 Å². The number of nitrogens with one attached hydrogen (secondary N) is 1. The highest BCUT2D eigenvalue weighted by Gasteiger charge is 2.47. The van der Waals surface area contributed by atoms with Gasteiger partial charge in [0, 0.05) is 6.42 Å². The molecule has 1 rings (SSSR count). The van der Waals surface area contributed by atoms with E-state index in [9.17, 15) is 35.1 Å². The van der Waals surface area contributed by atoms with Crippen molar-refractivity contribution in [1.29, 1.82) is 0 Å². The van der Waals surface area contributed by atoms with E-state index in [1.165, 1.54) is 96.3 Å². The Morgan fingerprint density at radius 1 is 0.547 bits per heavy atom. The number of rotatable bonds is 49. The zero-order valence-corrected chi connectivity index (χ0v) is 47.4. The van der Waals surface area contributed by atoms with Crippen molar-refractivity contribution in [2.75, 3.05) is 13.2 Å². The molecule has 8 unspecified atom stereocenters. The minimum atomic E-state index is -1.63. The largest absolute Gasteiger partial charge is 0.454 e. The average molecular weight is 1050 g/mol. The van der Waals surface area contributed by atoms with E-state index in [0.29, 0.717) is 12.8 Å². The number of aliphatic hydroxyl groups is 5. The van der Waals surface area contributed by atoms with Crippen molar-refractivity contribution in [3.8, 4) is 0 Å². The lowest BCUT2D eigenvalue weighted by Gasteiger charge is -2.41. The first-order valence-corrected chi connectivity index (χ1v) is 30.1. The number of aliphatic hydroxyl groups excluding tert-OH is 5. The van der Waals surface area contributed by atoms with Gasteiger partial charge in [-0.15, -0.1) is 0 Å². The van der Waals surface area contributed by atoms with E-state index < -0.39 is 67.4 Å². The molecule has 0 saturated carbocycles. The zero-order chi connectivity index (χ0) is 54.7. The highest BCUT2D eigenvalue weighted by Crippen LogP contribution is 2.26. The Balaban J connectivity index is 2.65. The van der Waals surface area contributed by atoms with Crippen LogP contribution in [0.5, 0.6) is 0 Å². The molecular weight excluding hydrogens is 943 g/mol. The second kappa shape index (κ2) is 51.3. The van der Waals surface area contributed by atoms with Gasteiger partial charge in [0.25, 0.3) is 0 Å². The summed E-state index contributed by atoms with van der Waals surface area (Å²) in [6.45, 7) is 5.56. The number of hydrogen-bond acceptors (Lipinski definition) is 10. The first kappa shape index (κ1) is 69.6. The molecule has 1 fully saturated rings. The van der Waals surface area contributed by atoms with Crippen molar-refractivity contribution in [2.45, 2.75) is 282 Å². The van der Waals surface area contributed by atoms with Gasteiger partial charge in [0.05, 0.1) is 25.4 Å². The van der Waals surface area contributed by atoms with E-state index >= 15 is 0 Å². The highest BCUT2D eigenvalue weighted by atomic mass is 16.7. The predicted molar refractivity (Wildman–Crippen MR) is 310 cm³/mol. The van der Waals surface area contributed by atoms with Gasteiger partial charge in [0.2, 0.25) is 5.91 Å². The molecule has 11 heteroatoms. The molecule has 1 aliphatic rings. The van der Waals surface area contributed by atoms with Crippen molar-refractivity contribution >= 4 is 11.9 Å². The Morgan fingerprint density at radius 3 is 1.59 bits per heavy atom. The number of hydrogen-bond donors (Lipinski definition) is 6. The van der Waals surface area contributed by atoms with Crippen LogP contribution in [0.15, 0.2) is 97.2 Å². The lowest BCUT2D eigenvalue weighted by molar-refractivity contribution is -0.305. The molecule has 75 heavy (non-hydrogen) atoms. The molecule has 0 spiro atoms. The second-order valence-corrected chi connectivity index (χ2v) is 20.4. The van der Waals surface area contributed by atoms with Gasteiger partial charge in [0.1, 0.15) is 24.4 Å². The highest BCUT2D eigenvalue weighted by molar-refractivity contribution is 5.80. The predicted octanol–water partition coefficient (Wildman–Crippen LogP) is 13.9. The molecule has 1 aliphatic heterocycles. The van der Waals surface area contributed by atoms with Gasteiger partial charge in [-0.25, -0.2) is 0 Å². The summed E-state index contributed by atoms with van der Waals surface area (Å²) in [6.07, 6.45) is 57.5. The third-order valence-electron chi connectivity index (χ3n) is 13.6. The quantitative estimate of drug-likeness (QED) is 0.0149. The summed E-state index contributed by atoms with van der Waals surface area (Å²) in [5, 5.41) is 56.8. The van der Waals surface area contributed by atoms with Crippen LogP contribution in [0, 0.1) is 0 Å². The van der Waals surface area contributed by atoms with E-state index in [-0.39, 0.29) is 19.4 Å². The molecule has 430 valence electrons. The molecule has 1 heterocycles. The van der Waals surface area contributed by atoms with Crippen LogP contribution in [0.4, 0.5) is 0 Å². The summed E-state index contributed by atoms with van der Waals surface area (Å²) < 4.78 is 17.6. The monoisotopic (exact) mass is 1050 g/mol. The van der Waals surface area contributed by atoms with Crippen LogP contribution in [0.2, 0.25) is 0 Å². The van der Waals surface area contributed by atoms with Crippen LogP contribution in [0.25, 0.3) is 0 Å². The standard InChI is InChI=1S/C64H109NO10/c1-4-7-10-13-16-19-22-24-25-26-27-28-29-30-31-32-33-34-37-40-43-46-49-52-59(69)75-62-61(71)60(70)58(53-66)74-64(62)73-54-55(56(67)50-47-44-41-38-35-21-18-15-12-9-6-3)65-63(72)57(68)51-48-45-42-39-36-23-20-17-14-11-8-5-2/h8,11,14,16-17,19-20,23-25,27-28,36,39,47,50,55-58,60-62,64,66-68,70-71H,4-7,9-10,12-13,15,18,21-22,26,29-35,37-38,40-46,48-49,51-54H2,1-3H3,(H,65,72)/b11-8+,17-14+,19-16-,23-20-,25-24-,28-27-,39-36-,50-47+. The molecule has 11 nitrogen and oxygen atoms in total. The Morgan fingerprint density at radius 2 is 1.01 bits per heavy atom. The molecule has 0 radical (unpaired) electrons. The second-order valence-electron chi connectivity index (χ2n) is 20.4. The van der Waals surface area contributed by atoms with Crippen LogP contribution in [0.3, 0.4) is 0 Å². The maximum Gasteiger partial charge on any atom is 0.306 e. The first-order chi connectivity index (χ1) is 36.7. The number of ether oxygens (including phenoxy) is 3. The summed E-state index contributed by atoms with van der Waals surface area (Å²) in [6, 6.07) is -1.05. The normalized spacial score (nSPS) is 19.9. The van der Waals surface area contributed by atoms with Gasteiger partial charge in [-0.1, -0.05) is 240 Å². The van der Waals surface area contributed by atoms with Crippen molar-refractivity contribution in [2.24, 2.45) is 0 Å². The summed E-state index contributed by atoms with van der Waals surface area (Å²) in [4.78, 5) is 26.5. The van der Waals surface area contributed by atoms with E-state index in [0.717, 1.165) is 89.9 Å². The molecule has 0 aromatic heterocycles. The van der Waals surface area contributed by atoms with Gasteiger partial charge < -0.3 is 45.1 Å². The van der Waals surface area contributed by atoms with Crippen molar-refractivity contribution in [1.82, 2.24) is 5.32 Å². The fraction of sp³-hybridized carbons (Fsp3) is 0.719. The Bertz CT molecular complexity index is 1580. The van der Waals surface area contributed by atoms with Crippen molar-refractivity contribution in [3.05, 3.63) is 97.2 Å². The van der Waals surface area contributed by atoms with Crippen molar-refractivity contribution < 1.29 is 49.3 Å². The minimum Gasteiger partial charge on any atom is -0.454 e. The van der Waals surface area contributed by atoms with E-state index in [1.54, 1.807) is 6.08 Å². The fourth-order valence-corrected chi connectivity index (χ4v) is 8.78. The molecule has 1 saturated heterocycles. The number of esters is 1. The summed E-state index contributed by atoms with van der Waals surface area (Å²) in [7, 11) is 0. The van der Waals surface area contributed by atoms with Crippen LogP contribution in [0.1, 0.15) is 233 Å². The SMILES string of the molecule is CC/C=C/C=C/C=C\C=C/CCCCC(O)C(=O)NC(COC1OC(CO)C(O)C(O)C1OC(=O)CCCCCCCCCCCC/C=C\C/C=C\C/C=C\CCCCC)C(O)/C=C/CCCCCCCCCCC.